The second-order valence-corrected chi connectivity index (χ2v) is 3.00. The number of carbonyl (C=O) groups is 1. The summed E-state index contributed by atoms with van der Waals surface area (Å²) in [5.74, 6) is -0.0441. The van der Waals surface area contributed by atoms with E-state index in [4.69, 9.17) is 5.11 Å². The summed E-state index contributed by atoms with van der Waals surface area (Å²) in [4.78, 5) is 10.5. The summed E-state index contributed by atoms with van der Waals surface area (Å²) in [6.45, 7) is 8.64. The third-order valence-corrected chi connectivity index (χ3v) is 1.44. The van der Waals surface area contributed by atoms with E-state index >= 15 is 0 Å². The van der Waals surface area contributed by atoms with Crippen LogP contribution >= 0.6 is 0 Å². The molecule has 1 aromatic rings. The van der Waals surface area contributed by atoms with Crippen LogP contribution in [0.4, 0.5) is 0 Å². The molecule has 3 nitrogen and oxygen atoms in total. The van der Waals surface area contributed by atoms with Crippen molar-refractivity contribution >= 4 is 5.97 Å². The lowest BCUT2D eigenvalue weighted by Gasteiger charge is -1.97. The first-order valence-corrected chi connectivity index (χ1v) is 4.75. The highest BCUT2D eigenvalue weighted by atomic mass is 16.5. The number of carbonyl (C=O) groups excluding carboxylic acids is 1. The Kier molecular flexibility index (Phi) is 7.24. The van der Waals surface area contributed by atoms with Gasteiger partial charge in [-0.2, -0.15) is 0 Å². The summed E-state index contributed by atoms with van der Waals surface area (Å²) < 4.78 is 4.60. The Hall–Kier alpha value is -2.03. The number of esters is 1. The summed E-state index contributed by atoms with van der Waals surface area (Å²) in [6.07, 6.45) is 1.51. The van der Waals surface area contributed by atoms with E-state index in [1.807, 2.05) is 6.07 Å². The Labute approximate surface area is 95.7 Å². The van der Waals surface area contributed by atoms with Crippen molar-refractivity contribution in [1.29, 1.82) is 0 Å². The van der Waals surface area contributed by atoms with Crippen molar-refractivity contribution in [1.82, 2.24) is 0 Å². The normalized spacial score (nSPS) is 8.31. The lowest BCUT2D eigenvalue weighted by atomic mass is 10.3. The molecule has 16 heavy (non-hydrogen) atoms. The maximum atomic E-state index is 10.5. The maximum absolute atomic E-state index is 10.5. The molecule has 0 fully saturated rings. The van der Waals surface area contributed by atoms with Gasteiger partial charge in [-0.05, 0) is 19.1 Å². The summed E-state index contributed by atoms with van der Waals surface area (Å²) >= 11 is 0. The number of rotatable bonds is 3. The fourth-order valence-electron chi connectivity index (χ4n) is 0.686. The van der Waals surface area contributed by atoms with Gasteiger partial charge in [0.25, 0.3) is 0 Å². The lowest BCUT2D eigenvalue weighted by molar-refractivity contribution is -0.137. The number of aromatic hydroxyl groups is 1. The largest absolute Gasteiger partial charge is 0.508 e. The Bertz CT molecular complexity index is 341. The summed E-state index contributed by atoms with van der Waals surface area (Å²) in [5, 5.41) is 8.63. The van der Waals surface area contributed by atoms with Crippen LogP contribution in [0.5, 0.6) is 5.75 Å². The van der Waals surface area contributed by atoms with Crippen LogP contribution in [0.2, 0.25) is 0 Å². The third kappa shape index (κ3) is 7.38. The van der Waals surface area contributed by atoms with Crippen molar-refractivity contribution in [3.05, 3.63) is 55.1 Å². The first-order valence-electron chi connectivity index (χ1n) is 4.75. The monoisotopic (exact) mass is 220 g/mol. The summed E-state index contributed by atoms with van der Waals surface area (Å²) in [5.41, 5.74) is 0.414. The molecule has 1 aromatic carbocycles. The number of hydrogen-bond donors (Lipinski definition) is 1. The van der Waals surface area contributed by atoms with Gasteiger partial charge in [0.15, 0.2) is 0 Å². The SMILES string of the molecule is C=CCOC(=O)C(=C)C.Oc1ccccc1. The van der Waals surface area contributed by atoms with Crippen molar-refractivity contribution in [3.8, 4) is 5.75 Å². The number of phenols is 1. The fraction of sp³-hybridized carbons (Fsp3) is 0.154. The average Bonchev–Trinajstić information content (AvgIpc) is 2.27. The standard InChI is InChI=1S/C7H10O2.C6H6O/c1-4-5-9-7(8)6(2)3;7-6-4-2-1-3-5-6/h4H,1-2,5H2,3H3;1-5,7H. The first kappa shape index (κ1) is 14.0. The highest BCUT2D eigenvalue weighted by molar-refractivity contribution is 5.86. The number of benzene rings is 1. The van der Waals surface area contributed by atoms with E-state index < -0.39 is 0 Å². The van der Waals surface area contributed by atoms with E-state index in [-0.39, 0.29) is 12.6 Å². The van der Waals surface area contributed by atoms with E-state index in [9.17, 15) is 4.79 Å². The third-order valence-electron chi connectivity index (χ3n) is 1.44. The molecule has 0 heterocycles. The molecule has 0 radical (unpaired) electrons. The van der Waals surface area contributed by atoms with Crippen molar-refractivity contribution in [2.75, 3.05) is 6.61 Å². The van der Waals surface area contributed by atoms with Gasteiger partial charge in [-0.15, -0.1) is 0 Å². The Balaban J connectivity index is 0.000000288. The zero-order valence-electron chi connectivity index (χ0n) is 9.35. The predicted molar refractivity (Wildman–Crippen MR) is 64.1 cm³/mol. The molecular formula is C13H16O3. The maximum Gasteiger partial charge on any atom is 0.333 e. The second-order valence-electron chi connectivity index (χ2n) is 3.00. The Morgan fingerprint density at radius 3 is 2.31 bits per heavy atom. The van der Waals surface area contributed by atoms with E-state index in [1.54, 1.807) is 31.2 Å². The van der Waals surface area contributed by atoms with Gasteiger partial charge >= 0.3 is 5.97 Å². The van der Waals surface area contributed by atoms with Crippen molar-refractivity contribution in [2.45, 2.75) is 6.92 Å². The van der Waals surface area contributed by atoms with E-state index in [2.05, 4.69) is 17.9 Å². The topological polar surface area (TPSA) is 46.5 Å². The highest BCUT2D eigenvalue weighted by Gasteiger charge is 1.98. The molecule has 1 N–H and O–H groups in total. The molecular weight excluding hydrogens is 204 g/mol. The van der Waals surface area contributed by atoms with Crippen LogP contribution < -0.4 is 0 Å². The zero-order valence-corrected chi connectivity index (χ0v) is 9.35. The van der Waals surface area contributed by atoms with E-state index in [0.29, 0.717) is 11.3 Å². The van der Waals surface area contributed by atoms with E-state index in [1.165, 1.54) is 6.08 Å². The van der Waals surface area contributed by atoms with Gasteiger partial charge < -0.3 is 9.84 Å². The van der Waals surface area contributed by atoms with Crippen LogP contribution in [0.15, 0.2) is 55.1 Å². The van der Waals surface area contributed by atoms with Gasteiger partial charge in [-0.1, -0.05) is 37.4 Å². The minimum absolute atomic E-state index is 0.256. The summed E-state index contributed by atoms with van der Waals surface area (Å²) in [7, 11) is 0. The Morgan fingerprint density at radius 2 is 2.00 bits per heavy atom. The fourth-order valence-corrected chi connectivity index (χ4v) is 0.686. The molecule has 0 aliphatic carbocycles. The number of para-hydroxylation sites is 1. The van der Waals surface area contributed by atoms with E-state index in [0.717, 1.165) is 0 Å². The van der Waals surface area contributed by atoms with Crippen molar-refractivity contribution < 1.29 is 14.6 Å². The van der Waals surface area contributed by atoms with Gasteiger partial charge in [0.05, 0.1) is 0 Å². The second kappa shape index (κ2) is 8.29. The number of ether oxygens (including phenoxy) is 1. The minimum Gasteiger partial charge on any atom is -0.508 e. The van der Waals surface area contributed by atoms with Crippen molar-refractivity contribution in [3.63, 3.8) is 0 Å². The van der Waals surface area contributed by atoms with Gasteiger partial charge in [0, 0.05) is 5.57 Å². The molecule has 0 aliphatic rings. The minimum atomic E-state index is -0.366. The molecule has 0 atom stereocenters. The van der Waals surface area contributed by atoms with Crippen LogP contribution in [-0.2, 0) is 9.53 Å². The van der Waals surface area contributed by atoms with Gasteiger partial charge in [-0.25, -0.2) is 4.79 Å². The quantitative estimate of drug-likeness (QED) is 0.484. The molecule has 0 aromatic heterocycles. The van der Waals surface area contributed by atoms with Crippen molar-refractivity contribution in [2.24, 2.45) is 0 Å². The van der Waals surface area contributed by atoms with Crippen LogP contribution in [0.1, 0.15) is 6.92 Å². The molecule has 0 saturated carbocycles. The molecule has 1 rings (SSSR count). The molecule has 0 unspecified atom stereocenters. The first-order chi connectivity index (χ1) is 7.57. The van der Waals surface area contributed by atoms with Crippen LogP contribution in [0.25, 0.3) is 0 Å². The van der Waals surface area contributed by atoms with Crippen LogP contribution in [0.3, 0.4) is 0 Å². The zero-order chi connectivity index (χ0) is 12.4. The molecule has 0 bridgehead atoms. The van der Waals surface area contributed by atoms with Gasteiger partial charge in [0.2, 0.25) is 0 Å². The average molecular weight is 220 g/mol. The number of hydrogen-bond acceptors (Lipinski definition) is 3. The van der Waals surface area contributed by atoms with Crippen LogP contribution in [-0.4, -0.2) is 17.7 Å². The molecule has 0 saturated heterocycles. The summed E-state index contributed by atoms with van der Waals surface area (Å²) in [6, 6.07) is 8.71. The van der Waals surface area contributed by atoms with Crippen LogP contribution in [0, 0.1) is 0 Å². The Morgan fingerprint density at radius 1 is 1.44 bits per heavy atom. The molecule has 0 aliphatic heterocycles. The molecule has 0 spiro atoms. The smallest absolute Gasteiger partial charge is 0.333 e. The highest BCUT2D eigenvalue weighted by Crippen LogP contribution is 2.02. The molecule has 86 valence electrons. The van der Waals surface area contributed by atoms with Gasteiger partial charge in [-0.3, -0.25) is 0 Å². The molecule has 3 heteroatoms. The van der Waals surface area contributed by atoms with Gasteiger partial charge in [0.1, 0.15) is 12.4 Å². The number of phenolic OH excluding ortho intramolecular Hbond substituents is 1. The molecule has 0 amide bonds. The lowest BCUT2D eigenvalue weighted by Crippen LogP contribution is -2.03. The predicted octanol–water partition coefficient (Wildman–Crippen LogP) is 2.68.